The number of hydrogen-bond acceptors (Lipinski definition) is 4. The van der Waals surface area contributed by atoms with Gasteiger partial charge in [-0.15, -0.1) is 0 Å². The number of ether oxygens (including phenoxy) is 1. The summed E-state index contributed by atoms with van der Waals surface area (Å²) in [7, 11) is 1.63. The van der Waals surface area contributed by atoms with E-state index in [0.29, 0.717) is 31.3 Å². The van der Waals surface area contributed by atoms with Crippen LogP contribution in [-0.4, -0.2) is 50.1 Å². The predicted octanol–water partition coefficient (Wildman–Crippen LogP) is 4.25. The Labute approximate surface area is 200 Å². The second kappa shape index (κ2) is 8.50. The molecule has 1 fully saturated rings. The number of anilines is 2. The van der Waals surface area contributed by atoms with E-state index in [4.69, 9.17) is 16.3 Å². The van der Waals surface area contributed by atoms with Crippen molar-refractivity contribution in [2.75, 3.05) is 43.6 Å². The largest absolute Gasteiger partial charge is 0.383 e. The summed E-state index contributed by atoms with van der Waals surface area (Å²) in [6, 6.07) is 11.9. The van der Waals surface area contributed by atoms with Crippen LogP contribution in [0.3, 0.4) is 0 Å². The lowest BCUT2D eigenvalue weighted by molar-refractivity contribution is -0.132. The Morgan fingerprint density at radius 2 is 1.97 bits per heavy atom. The number of hydrogen-bond donors (Lipinski definition) is 1. The number of amides is 2. The maximum Gasteiger partial charge on any atom is 0.246 e. The van der Waals surface area contributed by atoms with Crippen LogP contribution in [0.25, 0.3) is 0 Å². The van der Waals surface area contributed by atoms with Gasteiger partial charge in [-0.3, -0.25) is 9.59 Å². The number of nitrogens with zero attached hydrogens (tertiary/aromatic N) is 2. The summed E-state index contributed by atoms with van der Waals surface area (Å²) >= 11 is 6.44. The second-order valence-electron chi connectivity index (χ2n) is 9.32. The number of carbonyl (C=O) groups is 2. The summed E-state index contributed by atoms with van der Waals surface area (Å²) in [5, 5.41) is 4.37. The molecule has 0 radical (unpaired) electrons. The van der Waals surface area contributed by atoms with Crippen molar-refractivity contribution in [3.8, 4) is 0 Å². The molecule has 1 saturated heterocycles. The second-order valence-corrected chi connectivity index (χ2v) is 9.73. The number of rotatable bonds is 7. The number of likely N-dealkylation sites (tertiary alicyclic amines) is 1. The van der Waals surface area contributed by atoms with Gasteiger partial charge in [-0.1, -0.05) is 36.4 Å². The molecule has 174 valence electrons. The van der Waals surface area contributed by atoms with Gasteiger partial charge in [-0.2, -0.15) is 0 Å². The molecule has 2 amide bonds. The Balaban J connectivity index is 1.72. The van der Waals surface area contributed by atoms with E-state index in [2.05, 4.69) is 18.0 Å². The molecule has 0 saturated carbocycles. The molecule has 0 atom stereocenters. The van der Waals surface area contributed by atoms with Crippen molar-refractivity contribution < 1.29 is 14.3 Å². The van der Waals surface area contributed by atoms with Crippen molar-refractivity contribution in [2.24, 2.45) is 0 Å². The zero-order valence-electron chi connectivity index (χ0n) is 19.6. The van der Waals surface area contributed by atoms with Crippen molar-refractivity contribution in [3.63, 3.8) is 0 Å². The van der Waals surface area contributed by atoms with Crippen LogP contribution in [0.15, 0.2) is 49.1 Å². The van der Waals surface area contributed by atoms with Gasteiger partial charge in [0, 0.05) is 24.4 Å². The molecular weight excluding hydrogens is 438 g/mol. The molecule has 2 aliphatic rings. The lowest BCUT2D eigenvalue weighted by atomic mass is 9.79. The van der Waals surface area contributed by atoms with Crippen molar-refractivity contribution in [1.82, 2.24) is 4.90 Å². The predicted molar refractivity (Wildman–Crippen MR) is 132 cm³/mol. The minimum absolute atomic E-state index is 0.0681. The number of halogens is 1. The van der Waals surface area contributed by atoms with Crippen LogP contribution in [0.2, 0.25) is 5.02 Å². The topological polar surface area (TPSA) is 61.9 Å². The van der Waals surface area contributed by atoms with Crippen molar-refractivity contribution in [1.29, 1.82) is 0 Å². The van der Waals surface area contributed by atoms with Gasteiger partial charge in [0.1, 0.15) is 0 Å². The van der Waals surface area contributed by atoms with E-state index in [9.17, 15) is 9.59 Å². The van der Waals surface area contributed by atoms with Crippen LogP contribution in [0.1, 0.15) is 30.5 Å². The summed E-state index contributed by atoms with van der Waals surface area (Å²) < 4.78 is 5.23. The van der Waals surface area contributed by atoms with Gasteiger partial charge in [0.25, 0.3) is 0 Å². The summed E-state index contributed by atoms with van der Waals surface area (Å²) in [5.41, 5.74) is 3.73. The third-order valence-electron chi connectivity index (χ3n) is 6.84. The minimum Gasteiger partial charge on any atom is -0.383 e. The first-order valence-electron chi connectivity index (χ1n) is 11.0. The normalized spacial score (nSPS) is 18.0. The van der Waals surface area contributed by atoms with Crippen molar-refractivity contribution in [3.05, 3.63) is 70.8 Å². The molecule has 33 heavy (non-hydrogen) atoms. The first kappa shape index (κ1) is 23.3. The first-order valence-corrected chi connectivity index (χ1v) is 11.4. The van der Waals surface area contributed by atoms with Gasteiger partial charge in [0.2, 0.25) is 11.8 Å². The number of benzene rings is 2. The molecule has 0 aliphatic carbocycles. The fourth-order valence-electron chi connectivity index (χ4n) is 4.94. The van der Waals surface area contributed by atoms with E-state index in [1.165, 1.54) is 6.08 Å². The highest BCUT2D eigenvalue weighted by Gasteiger charge is 2.48. The molecule has 1 N–H and O–H groups in total. The Morgan fingerprint density at radius 3 is 2.64 bits per heavy atom. The van der Waals surface area contributed by atoms with Crippen LogP contribution in [0.4, 0.5) is 11.4 Å². The van der Waals surface area contributed by atoms with Crippen LogP contribution in [0.5, 0.6) is 0 Å². The fraction of sp³-hybridized carbons (Fsp3) is 0.385. The summed E-state index contributed by atoms with van der Waals surface area (Å²) in [4.78, 5) is 28.9. The van der Waals surface area contributed by atoms with Crippen LogP contribution >= 0.6 is 11.6 Å². The van der Waals surface area contributed by atoms with Gasteiger partial charge < -0.3 is 19.9 Å². The average Bonchev–Trinajstić information content (AvgIpc) is 2.95. The molecule has 2 aromatic carbocycles. The highest BCUT2D eigenvalue weighted by atomic mass is 35.5. The molecule has 0 unspecified atom stereocenters. The molecule has 4 rings (SSSR count). The zero-order valence-corrected chi connectivity index (χ0v) is 20.3. The van der Waals surface area contributed by atoms with Gasteiger partial charge in [-0.05, 0) is 61.7 Å². The van der Waals surface area contributed by atoms with E-state index in [-0.39, 0.29) is 11.8 Å². The molecule has 2 heterocycles. The molecule has 0 bridgehead atoms. The lowest BCUT2D eigenvalue weighted by Gasteiger charge is -2.51. The van der Waals surface area contributed by atoms with Gasteiger partial charge in [0.15, 0.2) is 0 Å². The first-order chi connectivity index (χ1) is 15.6. The summed E-state index contributed by atoms with van der Waals surface area (Å²) in [6.45, 7) is 11.5. The summed E-state index contributed by atoms with van der Waals surface area (Å²) in [6.07, 6.45) is 1.34. The van der Waals surface area contributed by atoms with Crippen LogP contribution < -0.4 is 10.2 Å². The third-order valence-corrected chi connectivity index (χ3v) is 7.24. The Hall–Kier alpha value is -2.83. The van der Waals surface area contributed by atoms with Crippen LogP contribution in [0, 0.1) is 6.92 Å². The fourth-order valence-corrected chi connectivity index (χ4v) is 5.11. The Kier molecular flexibility index (Phi) is 6.01. The molecule has 2 aromatic rings. The average molecular weight is 468 g/mol. The number of methoxy groups -OCH3 is 1. The van der Waals surface area contributed by atoms with Gasteiger partial charge >= 0.3 is 0 Å². The van der Waals surface area contributed by atoms with E-state index < -0.39 is 11.0 Å². The Bertz CT molecular complexity index is 1120. The molecule has 7 heteroatoms. The standard InChI is InChI=1S/C26H30ClN3O3/c1-6-23(31)29-15-26(16-29,19-8-7-9-21(27)17(19)2)28-18-10-11-20-22(14-18)30(12-13-33-5)24(32)25(20,3)4/h6-11,14,28H,1,12-13,15-16H2,2-5H3. The van der Waals surface area contributed by atoms with E-state index in [0.717, 1.165) is 28.1 Å². The highest BCUT2D eigenvalue weighted by Crippen LogP contribution is 2.45. The monoisotopic (exact) mass is 467 g/mol. The van der Waals surface area contributed by atoms with Crippen molar-refractivity contribution >= 4 is 34.8 Å². The lowest BCUT2D eigenvalue weighted by Crippen LogP contribution is -2.65. The maximum atomic E-state index is 13.1. The maximum absolute atomic E-state index is 13.1. The van der Waals surface area contributed by atoms with E-state index in [1.54, 1.807) is 16.9 Å². The number of fused-ring (bicyclic) bond motifs is 1. The van der Waals surface area contributed by atoms with Gasteiger partial charge in [0.05, 0.1) is 36.3 Å². The highest BCUT2D eigenvalue weighted by molar-refractivity contribution is 6.31. The third kappa shape index (κ3) is 3.81. The SMILES string of the molecule is C=CC(=O)N1CC(Nc2ccc3c(c2)N(CCOC)C(=O)C3(C)C)(c2cccc(Cl)c2C)C1. The minimum atomic E-state index is -0.591. The zero-order chi connectivity index (χ0) is 24.0. The van der Waals surface area contributed by atoms with Gasteiger partial charge in [-0.25, -0.2) is 0 Å². The van der Waals surface area contributed by atoms with Crippen LogP contribution in [-0.2, 0) is 25.3 Å². The number of nitrogens with one attached hydrogen (secondary N) is 1. The molecule has 0 aromatic heterocycles. The van der Waals surface area contributed by atoms with Crippen molar-refractivity contribution in [2.45, 2.75) is 31.7 Å². The summed E-state index contributed by atoms with van der Waals surface area (Å²) in [5.74, 6) is -0.0300. The molecular formula is C26H30ClN3O3. The van der Waals surface area contributed by atoms with E-state index >= 15 is 0 Å². The quantitative estimate of drug-likeness (QED) is 0.618. The molecule has 0 spiro atoms. The smallest absolute Gasteiger partial charge is 0.246 e. The Morgan fingerprint density at radius 1 is 1.24 bits per heavy atom. The van der Waals surface area contributed by atoms with E-state index in [1.807, 2.05) is 51.1 Å². The molecule has 6 nitrogen and oxygen atoms in total. The molecule has 2 aliphatic heterocycles. The number of carbonyl (C=O) groups excluding carboxylic acids is 2.